The molecule has 1 atom stereocenters. The molecule has 0 fully saturated rings. The van der Waals surface area contributed by atoms with Gasteiger partial charge in [-0.05, 0) is 59.9 Å². The summed E-state index contributed by atoms with van der Waals surface area (Å²) in [6.45, 7) is 2.82. The van der Waals surface area contributed by atoms with Gasteiger partial charge < -0.3 is 10.1 Å². The average molecular weight is 271 g/mol. The first-order chi connectivity index (χ1) is 9.67. The Hall–Kier alpha value is -1.87. The number of benzene rings is 2. The van der Waals surface area contributed by atoms with Crippen molar-refractivity contribution in [2.45, 2.75) is 19.4 Å². The summed E-state index contributed by atoms with van der Waals surface area (Å²) in [4.78, 5) is 0. The molecule has 0 saturated heterocycles. The minimum absolute atomic E-state index is 0.0308. The Labute approximate surface area is 118 Å². The first-order valence-corrected chi connectivity index (χ1v) is 6.84. The molecule has 0 bridgehead atoms. The summed E-state index contributed by atoms with van der Waals surface area (Å²) >= 11 is 0. The normalized spacial score (nSPS) is 17.6. The minimum atomic E-state index is -0.184. The maximum Gasteiger partial charge on any atom is 0.123 e. The maximum absolute atomic E-state index is 13.7. The number of rotatable bonds is 2. The lowest BCUT2D eigenvalue weighted by Crippen LogP contribution is -2.30. The van der Waals surface area contributed by atoms with Gasteiger partial charge in [0.2, 0.25) is 0 Å². The van der Waals surface area contributed by atoms with Crippen molar-refractivity contribution in [3.63, 3.8) is 0 Å². The molecule has 1 unspecified atom stereocenters. The molecule has 0 spiro atoms. The van der Waals surface area contributed by atoms with Gasteiger partial charge in [-0.3, -0.25) is 0 Å². The Morgan fingerprint density at radius 3 is 2.80 bits per heavy atom. The summed E-state index contributed by atoms with van der Waals surface area (Å²) in [7, 11) is 1.67. The highest BCUT2D eigenvalue weighted by Gasteiger charge is 2.22. The molecule has 2 nitrogen and oxygen atoms in total. The van der Waals surface area contributed by atoms with E-state index in [4.69, 9.17) is 4.74 Å². The number of aryl methyl sites for hydroxylation is 1. The Morgan fingerprint density at radius 1 is 1.20 bits per heavy atom. The van der Waals surface area contributed by atoms with Gasteiger partial charge >= 0.3 is 0 Å². The lowest BCUT2D eigenvalue weighted by Gasteiger charge is -2.28. The Balaban J connectivity index is 2.08. The molecule has 3 heteroatoms. The highest BCUT2D eigenvalue weighted by atomic mass is 19.1. The van der Waals surface area contributed by atoms with Crippen LogP contribution in [0.15, 0.2) is 36.4 Å². The average Bonchev–Trinajstić information content (AvgIpc) is 2.45. The van der Waals surface area contributed by atoms with E-state index in [1.54, 1.807) is 19.2 Å². The quantitative estimate of drug-likeness (QED) is 0.904. The molecule has 0 aromatic heterocycles. The molecular weight excluding hydrogens is 253 g/mol. The van der Waals surface area contributed by atoms with Gasteiger partial charge in [-0.25, -0.2) is 4.39 Å². The van der Waals surface area contributed by atoms with E-state index < -0.39 is 0 Å². The largest absolute Gasteiger partial charge is 0.497 e. The fraction of sp³-hybridized carbons (Fsp3) is 0.294. The molecular formula is C17H18FNO. The van der Waals surface area contributed by atoms with E-state index in [0.29, 0.717) is 0 Å². The monoisotopic (exact) mass is 271 g/mol. The van der Waals surface area contributed by atoms with Gasteiger partial charge in [-0.2, -0.15) is 0 Å². The standard InChI is InChI=1S/C17H18FNO/c1-11-7-13(9-14(18)8-11)17-16-10-15(20-2)4-3-12(16)5-6-19-17/h3-4,7-10,17,19H,5-6H2,1-2H3. The molecule has 104 valence electrons. The van der Waals surface area contributed by atoms with E-state index in [0.717, 1.165) is 29.8 Å². The van der Waals surface area contributed by atoms with Crippen molar-refractivity contribution in [1.29, 1.82) is 0 Å². The van der Waals surface area contributed by atoms with Gasteiger partial charge in [0.15, 0.2) is 0 Å². The van der Waals surface area contributed by atoms with Crippen LogP contribution in [0.2, 0.25) is 0 Å². The number of ether oxygens (including phenoxy) is 1. The first-order valence-electron chi connectivity index (χ1n) is 6.84. The van der Waals surface area contributed by atoms with Crippen molar-refractivity contribution < 1.29 is 9.13 Å². The summed E-state index contributed by atoms with van der Waals surface area (Å²) < 4.78 is 19.0. The van der Waals surface area contributed by atoms with Crippen molar-refractivity contribution >= 4 is 0 Å². The van der Waals surface area contributed by atoms with Crippen LogP contribution in [0.3, 0.4) is 0 Å². The third kappa shape index (κ3) is 2.41. The third-order valence-corrected chi connectivity index (χ3v) is 3.80. The van der Waals surface area contributed by atoms with Crippen molar-refractivity contribution in [3.05, 3.63) is 64.5 Å². The number of nitrogens with one attached hydrogen (secondary N) is 1. The third-order valence-electron chi connectivity index (χ3n) is 3.80. The van der Waals surface area contributed by atoms with E-state index in [1.165, 1.54) is 11.1 Å². The smallest absolute Gasteiger partial charge is 0.123 e. The molecule has 1 aliphatic rings. The van der Waals surface area contributed by atoms with E-state index in [2.05, 4.69) is 11.4 Å². The van der Waals surface area contributed by atoms with E-state index >= 15 is 0 Å². The number of fused-ring (bicyclic) bond motifs is 1. The van der Waals surface area contributed by atoms with Crippen LogP contribution in [0, 0.1) is 12.7 Å². The maximum atomic E-state index is 13.7. The minimum Gasteiger partial charge on any atom is -0.497 e. The fourth-order valence-corrected chi connectivity index (χ4v) is 2.89. The predicted octanol–water partition coefficient (Wildman–Crippen LogP) is 3.38. The summed E-state index contributed by atoms with van der Waals surface area (Å²) in [5.74, 6) is 0.655. The molecule has 0 radical (unpaired) electrons. The number of hydrogen-bond acceptors (Lipinski definition) is 2. The van der Waals surface area contributed by atoms with Crippen molar-refractivity contribution in [1.82, 2.24) is 5.32 Å². The van der Waals surface area contributed by atoms with Crippen molar-refractivity contribution in [2.75, 3.05) is 13.7 Å². The van der Waals surface area contributed by atoms with Crippen LogP contribution < -0.4 is 10.1 Å². The SMILES string of the molecule is COc1ccc2c(c1)C(c1cc(C)cc(F)c1)NCC2. The van der Waals surface area contributed by atoms with Gasteiger partial charge in [-0.1, -0.05) is 12.1 Å². The van der Waals surface area contributed by atoms with Gasteiger partial charge in [0.25, 0.3) is 0 Å². The second-order valence-electron chi connectivity index (χ2n) is 5.26. The summed E-state index contributed by atoms with van der Waals surface area (Å²) in [5, 5.41) is 3.48. The van der Waals surface area contributed by atoms with Crippen molar-refractivity contribution in [2.24, 2.45) is 0 Å². The van der Waals surface area contributed by atoms with Gasteiger partial charge in [0.05, 0.1) is 13.2 Å². The second kappa shape index (κ2) is 5.25. The Kier molecular flexibility index (Phi) is 3.45. The summed E-state index contributed by atoms with van der Waals surface area (Å²) in [5.41, 5.74) is 4.39. The van der Waals surface area contributed by atoms with Crippen LogP contribution >= 0.6 is 0 Å². The van der Waals surface area contributed by atoms with Crippen molar-refractivity contribution in [3.8, 4) is 5.75 Å². The topological polar surface area (TPSA) is 21.3 Å². The zero-order valence-corrected chi connectivity index (χ0v) is 11.7. The van der Waals surface area contributed by atoms with E-state index in [-0.39, 0.29) is 11.9 Å². The molecule has 0 saturated carbocycles. The number of hydrogen-bond donors (Lipinski definition) is 1. The van der Waals surface area contributed by atoms with Crippen LogP contribution in [0.1, 0.15) is 28.3 Å². The van der Waals surface area contributed by atoms with Gasteiger partial charge in [0.1, 0.15) is 11.6 Å². The van der Waals surface area contributed by atoms with Gasteiger partial charge in [-0.15, -0.1) is 0 Å². The zero-order chi connectivity index (χ0) is 14.1. The highest BCUT2D eigenvalue weighted by molar-refractivity contribution is 5.44. The lowest BCUT2D eigenvalue weighted by molar-refractivity contribution is 0.412. The van der Waals surface area contributed by atoms with Gasteiger partial charge in [0, 0.05) is 6.54 Å². The molecule has 1 N–H and O–H groups in total. The lowest BCUT2D eigenvalue weighted by atomic mass is 9.89. The van der Waals surface area contributed by atoms with Crippen LogP contribution in [-0.2, 0) is 6.42 Å². The van der Waals surface area contributed by atoms with Crippen LogP contribution in [0.25, 0.3) is 0 Å². The Bertz CT molecular complexity index is 619. The van der Waals surface area contributed by atoms with E-state index in [9.17, 15) is 4.39 Å². The van der Waals surface area contributed by atoms with E-state index in [1.807, 2.05) is 25.1 Å². The molecule has 3 rings (SSSR count). The number of halogens is 1. The highest BCUT2D eigenvalue weighted by Crippen LogP contribution is 2.32. The molecule has 0 aliphatic carbocycles. The molecule has 2 aromatic carbocycles. The Morgan fingerprint density at radius 2 is 2.05 bits per heavy atom. The van der Waals surface area contributed by atoms with Crippen LogP contribution in [-0.4, -0.2) is 13.7 Å². The second-order valence-corrected chi connectivity index (χ2v) is 5.26. The summed E-state index contributed by atoms with van der Waals surface area (Å²) in [6.07, 6.45) is 0.990. The molecule has 1 aliphatic heterocycles. The first kappa shape index (κ1) is 13.1. The fourth-order valence-electron chi connectivity index (χ4n) is 2.89. The number of methoxy groups -OCH3 is 1. The molecule has 1 heterocycles. The molecule has 0 amide bonds. The zero-order valence-electron chi connectivity index (χ0n) is 11.7. The van der Waals surface area contributed by atoms with Crippen LogP contribution in [0.4, 0.5) is 4.39 Å². The van der Waals surface area contributed by atoms with Crippen LogP contribution in [0.5, 0.6) is 5.75 Å². The molecule has 20 heavy (non-hydrogen) atoms. The predicted molar refractivity (Wildman–Crippen MR) is 77.7 cm³/mol. The summed E-state index contributed by atoms with van der Waals surface area (Å²) in [6, 6.07) is 11.4. The molecule has 2 aromatic rings.